The summed E-state index contributed by atoms with van der Waals surface area (Å²) >= 11 is 0. The molecule has 2 aromatic rings. The molecule has 1 saturated heterocycles. The molecule has 2 aliphatic carbocycles. The van der Waals surface area contributed by atoms with Crippen LogP contribution in [0.2, 0.25) is 0 Å². The highest BCUT2D eigenvalue weighted by Crippen LogP contribution is 2.44. The number of carboxylic acid groups (broad SMARTS) is 1. The Morgan fingerprint density at radius 3 is 2.31 bits per heavy atom. The zero-order valence-corrected chi connectivity index (χ0v) is 19.2. The van der Waals surface area contributed by atoms with E-state index in [0.717, 1.165) is 11.1 Å². The first kappa shape index (κ1) is 23.1. The minimum absolute atomic E-state index is 0.00526. The second-order valence-electron chi connectivity index (χ2n) is 9.21. The molecule has 3 aliphatic rings. The van der Waals surface area contributed by atoms with Gasteiger partial charge in [-0.15, -0.1) is 0 Å². The van der Waals surface area contributed by atoms with Crippen LogP contribution < -0.4 is 10.6 Å². The smallest absolute Gasteiger partial charge is 0.407 e. The number of carbonyl (C=O) groups excluding carboxylic acids is 2. The highest BCUT2D eigenvalue weighted by molar-refractivity contribution is 5.82. The fraction of sp³-hybridized carbons (Fsp3) is 0.370. The number of carboxylic acids is 1. The number of amides is 2. The Hall–Kier alpha value is -3.65. The first-order valence-corrected chi connectivity index (χ1v) is 12.0. The summed E-state index contributed by atoms with van der Waals surface area (Å²) in [5.74, 6) is -1.72. The Morgan fingerprint density at radius 1 is 0.971 bits per heavy atom. The molecule has 1 aliphatic heterocycles. The van der Waals surface area contributed by atoms with Crippen molar-refractivity contribution >= 4 is 18.0 Å². The van der Waals surface area contributed by atoms with Gasteiger partial charge < -0.3 is 25.2 Å². The molecule has 1 fully saturated rings. The van der Waals surface area contributed by atoms with E-state index in [1.165, 1.54) is 11.1 Å². The SMILES string of the molecule is O=C(NCC1CCC(C(=O)NC2C=CC(C(=O)O)C2)O1)OCC1c2ccccc2-c2ccccc21. The Bertz CT molecular complexity index is 1120. The van der Waals surface area contributed by atoms with E-state index < -0.39 is 24.1 Å². The number of hydrogen-bond donors (Lipinski definition) is 3. The van der Waals surface area contributed by atoms with Gasteiger partial charge >= 0.3 is 12.1 Å². The van der Waals surface area contributed by atoms with Crippen molar-refractivity contribution in [2.75, 3.05) is 13.2 Å². The second kappa shape index (κ2) is 9.92. The number of aliphatic carboxylic acids is 1. The lowest BCUT2D eigenvalue weighted by atomic mass is 9.98. The van der Waals surface area contributed by atoms with E-state index in [9.17, 15) is 14.4 Å². The van der Waals surface area contributed by atoms with Gasteiger partial charge in [0.2, 0.25) is 5.91 Å². The zero-order chi connectivity index (χ0) is 24.4. The van der Waals surface area contributed by atoms with Crippen LogP contribution in [0.1, 0.15) is 36.3 Å². The van der Waals surface area contributed by atoms with Gasteiger partial charge in [-0.1, -0.05) is 60.7 Å². The quantitative estimate of drug-likeness (QED) is 0.529. The van der Waals surface area contributed by atoms with E-state index in [-0.39, 0.29) is 37.1 Å². The number of ether oxygens (including phenoxy) is 2. The largest absolute Gasteiger partial charge is 0.481 e. The molecular formula is C27H28N2O6. The van der Waals surface area contributed by atoms with Crippen LogP contribution in [0.4, 0.5) is 4.79 Å². The second-order valence-corrected chi connectivity index (χ2v) is 9.21. The monoisotopic (exact) mass is 476 g/mol. The van der Waals surface area contributed by atoms with E-state index in [1.807, 2.05) is 24.3 Å². The molecule has 4 atom stereocenters. The molecule has 4 unspecified atom stereocenters. The number of benzene rings is 2. The third-order valence-corrected chi connectivity index (χ3v) is 6.95. The van der Waals surface area contributed by atoms with E-state index in [0.29, 0.717) is 19.3 Å². The fourth-order valence-corrected chi connectivity index (χ4v) is 5.16. The lowest BCUT2D eigenvalue weighted by molar-refractivity contribution is -0.140. The van der Waals surface area contributed by atoms with Gasteiger partial charge in [-0.05, 0) is 41.5 Å². The van der Waals surface area contributed by atoms with Gasteiger partial charge in [0.1, 0.15) is 12.7 Å². The van der Waals surface area contributed by atoms with Crippen LogP contribution in [0, 0.1) is 5.92 Å². The number of nitrogens with one attached hydrogen (secondary N) is 2. The van der Waals surface area contributed by atoms with Crippen LogP contribution in [0.3, 0.4) is 0 Å². The van der Waals surface area contributed by atoms with Gasteiger partial charge in [0, 0.05) is 18.5 Å². The van der Waals surface area contributed by atoms with Crippen LogP contribution in [0.15, 0.2) is 60.7 Å². The first-order valence-electron chi connectivity index (χ1n) is 12.0. The molecule has 182 valence electrons. The molecule has 1 heterocycles. The van der Waals surface area contributed by atoms with Crippen molar-refractivity contribution in [2.45, 2.75) is 43.4 Å². The minimum Gasteiger partial charge on any atom is -0.481 e. The molecule has 2 amide bonds. The van der Waals surface area contributed by atoms with E-state index in [2.05, 4.69) is 34.9 Å². The number of rotatable bonds is 7. The molecule has 0 aromatic heterocycles. The summed E-state index contributed by atoms with van der Waals surface area (Å²) in [5.41, 5.74) is 4.65. The van der Waals surface area contributed by atoms with Gasteiger partial charge in [-0.25, -0.2) is 4.79 Å². The zero-order valence-electron chi connectivity index (χ0n) is 19.2. The Morgan fingerprint density at radius 2 is 1.66 bits per heavy atom. The van der Waals surface area contributed by atoms with Crippen molar-refractivity contribution in [1.82, 2.24) is 10.6 Å². The average Bonchev–Trinajstić information content (AvgIpc) is 3.59. The third kappa shape index (κ3) is 4.93. The summed E-state index contributed by atoms with van der Waals surface area (Å²) in [5, 5.41) is 14.7. The van der Waals surface area contributed by atoms with Crippen molar-refractivity contribution in [3.8, 4) is 11.1 Å². The van der Waals surface area contributed by atoms with E-state index >= 15 is 0 Å². The summed E-state index contributed by atoms with van der Waals surface area (Å²) < 4.78 is 11.4. The number of hydrogen-bond acceptors (Lipinski definition) is 5. The summed E-state index contributed by atoms with van der Waals surface area (Å²) in [6.07, 6.45) is 3.44. The summed E-state index contributed by atoms with van der Waals surface area (Å²) in [4.78, 5) is 35.9. The van der Waals surface area contributed by atoms with Crippen molar-refractivity contribution in [3.63, 3.8) is 0 Å². The summed E-state index contributed by atoms with van der Waals surface area (Å²) in [6, 6.07) is 16.0. The van der Waals surface area contributed by atoms with Gasteiger partial charge in [0.05, 0.1) is 12.0 Å². The molecule has 0 saturated carbocycles. The summed E-state index contributed by atoms with van der Waals surface area (Å²) in [7, 11) is 0. The molecule has 5 rings (SSSR count). The molecule has 0 radical (unpaired) electrons. The van der Waals surface area contributed by atoms with Gasteiger partial charge in [0.25, 0.3) is 0 Å². The molecular weight excluding hydrogens is 448 g/mol. The molecule has 8 heteroatoms. The van der Waals surface area contributed by atoms with Crippen molar-refractivity contribution in [1.29, 1.82) is 0 Å². The van der Waals surface area contributed by atoms with Crippen molar-refractivity contribution in [2.24, 2.45) is 5.92 Å². The number of fused-ring (bicyclic) bond motifs is 3. The van der Waals surface area contributed by atoms with Crippen LogP contribution in [-0.4, -0.2) is 54.5 Å². The van der Waals surface area contributed by atoms with Crippen LogP contribution >= 0.6 is 0 Å². The molecule has 0 spiro atoms. The molecule has 0 bridgehead atoms. The molecule has 2 aromatic carbocycles. The predicted molar refractivity (Wildman–Crippen MR) is 128 cm³/mol. The van der Waals surface area contributed by atoms with Crippen LogP contribution in [0.5, 0.6) is 0 Å². The maximum atomic E-state index is 12.5. The Kier molecular flexibility index (Phi) is 6.55. The highest BCUT2D eigenvalue weighted by Gasteiger charge is 2.34. The lowest BCUT2D eigenvalue weighted by Gasteiger charge is -2.18. The maximum Gasteiger partial charge on any atom is 0.407 e. The van der Waals surface area contributed by atoms with Gasteiger partial charge in [-0.3, -0.25) is 9.59 Å². The normalized spacial score (nSPS) is 24.6. The van der Waals surface area contributed by atoms with E-state index in [1.54, 1.807) is 12.2 Å². The topological polar surface area (TPSA) is 114 Å². The highest BCUT2D eigenvalue weighted by atomic mass is 16.5. The van der Waals surface area contributed by atoms with Gasteiger partial charge in [0.15, 0.2) is 0 Å². The molecule has 8 nitrogen and oxygen atoms in total. The maximum absolute atomic E-state index is 12.5. The number of carbonyl (C=O) groups is 3. The average molecular weight is 477 g/mol. The van der Waals surface area contributed by atoms with Gasteiger partial charge in [-0.2, -0.15) is 0 Å². The standard InChI is InChI=1S/C27H28N2O6/c30-25(29-17-10-9-16(13-17)26(31)32)24-12-11-18(35-24)14-28-27(33)34-15-23-21-7-3-1-5-19(21)20-6-2-4-8-22(20)23/h1-10,16-18,23-24H,11-15H2,(H,28,33)(H,29,30)(H,31,32). The number of alkyl carbamates (subject to hydrolysis) is 1. The molecule has 35 heavy (non-hydrogen) atoms. The minimum atomic E-state index is -0.894. The van der Waals surface area contributed by atoms with Crippen LogP contribution in [0.25, 0.3) is 11.1 Å². The lowest BCUT2D eigenvalue weighted by Crippen LogP contribution is -2.41. The fourth-order valence-electron chi connectivity index (χ4n) is 5.16. The Labute approximate surface area is 203 Å². The van der Waals surface area contributed by atoms with Crippen molar-refractivity contribution < 1.29 is 29.0 Å². The predicted octanol–water partition coefficient (Wildman–Crippen LogP) is 3.22. The summed E-state index contributed by atoms with van der Waals surface area (Å²) in [6.45, 7) is 0.494. The third-order valence-electron chi connectivity index (χ3n) is 6.95. The first-order chi connectivity index (χ1) is 17.0. The van der Waals surface area contributed by atoms with Crippen molar-refractivity contribution in [3.05, 3.63) is 71.8 Å². The van der Waals surface area contributed by atoms with Crippen LogP contribution in [-0.2, 0) is 19.1 Å². The Balaban J connectivity index is 1.07. The van der Waals surface area contributed by atoms with E-state index in [4.69, 9.17) is 14.6 Å². The molecule has 3 N–H and O–H groups in total.